The van der Waals surface area contributed by atoms with E-state index in [1.807, 2.05) is 0 Å². The third-order valence-corrected chi connectivity index (χ3v) is 22.7. The number of nitrogens with two attached hydrogens (primary N) is 1. The Balaban J connectivity index is 0.000000209. The zero-order valence-corrected chi connectivity index (χ0v) is 55.1. The number of aromatic nitrogens is 6. The zero-order valence-electron chi connectivity index (χ0n) is 51.7. The van der Waals surface area contributed by atoms with Crippen LogP contribution in [-0.4, -0.2) is 134 Å². The van der Waals surface area contributed by atoms with E-state index < -0.39 is 83.7 Å². The Labute approximate surface area is 525 Å². The van der Waals surface area contributed by atoms with Gasteiger partial charge in [-0.25, -0.2) is 82.6 Å². The van der Waals surface area contributed by atoms with Crippen LogP contribution in [0.4, 0.5) is 22.4 Å². The topological polar surface area (TPSA) is 297 Å². The monoisotopic (exact) mass is 1330 g/mol. The lowest BCUT2D eigenvalue weighted by atomic mass is 9.85. The first-order valence-electron chi connectivity index (χ1n) is 28.2. The Kier molecular flexibility index (Phi) is 19.7. The van der Waals surface area contributed by atoms with Crippen LogP contribution >= 0.6 is 11.6 Å². The van der Waals surface area contributed by atoms with E-state index in [1.54, 1.807) is 53.7 Å². The number of aliphatic hydroxyl groups excluding tert-OH is 1. The summed E-state index contributed by atoms with van der Waals surface area (Å²) in [6.07, 6.45) is 7.29. The van der Waals surface area contributed by atoms with Crippen molar-refractivity contribution in [2.45, 2.75) is 139 Å². The maximum absolute atomic E-state index is 15.7. The normalized spacial score (nSPS) is 20.5. The molecule has 4 aliphatic rings. The number of rotatable bonds is 15. The van der Waals surface area contributed by atoms with Crippen molar-refractivity contribution in [3.05, 3.63) is 147 Å². The second-order valence-corrected chi connectivity index (χ2v) is 35.0. The summed E-state index contributed by atoms with van der Waals surface area (Å²) in [5, 5.41) is 15.8. The van der Waals surface area contributed by atoms with Gasteiger partial charge in [0.2, 0.25) is 37.8 Å². The van der Waals surface area contributed by atoms with Crippen LogP contribution in [0.5, 0.6) is 5.88 Å². The predicted octanol–water partition coefficient (Wildman–Crippen LogP) is 10.4. The number of benzene rings is 2. The van der Waals surface area contributed by atoms with E-state index in [1.165, 1.54) is 63.9 Å². The minimum Gasteiger partial charge on any atom is -0.470 e. The molecule has 90 heavy (non-hydrogen) atoms. The van der Waals surface area contributed by atoms with Gasteiger partial charge in [0.15, 0.2) is 11.7 Å². The molecule has 0 radical (unpaired) electrons. The van der Waals surface area contributed by atoms with Crippen molar-refractivity contribution in [2.75, 3.05) is 27.4 Å². The SMILES string of the molecule is CN1C(N(COCC[Si](C)(C)C)C(=O)OC(C)(C)C)=N[C@](C)(c2cc(/C=C(\F)c3cnc(Cl)cn3)ccc2F)C2(CC2)S1(=O)=O.Cc1cc(CO)no1.Cc1cc(COc2cnc(/C(F)=C/c3ccc(F)c([C@@]4(C)N=C(N)N(C)S(=O)(=O)C45CC5)c3)cn2)no1. The lowest BCUT2D eigenvalue weighted by Crippen LogP contribution is -2.61. The number of carbonyl (C=O) groups excluding carboxylic acids is 1. The summed E-state index contributed by atoms with van der Waals surface area (Å²) in [7, 11) is -6.91. The molecule has 6 aromatic rings. The molecule has 4 aromatic heterocycles. The van der Waals surface area contributed by atoms with Crippen LogP contribution < -0.4 is 10.5 Å². The summed E-state index contributed by atoms with van der Waals surface area (Å²) in [5.74, 6) is -1.83. The number of halogens is 5. The molecule has 2 fully saturated rings. The minimum absolute atomic E-state index is 0.0177. The Hall–Kier alpha value is -7.64. The average Bonchev–Trinajstić information content (AvgIpc) is 1.50. The van der Waals surface area contributed by atoms with Gasteiger partial charge in [0.25, 0.3) is 0 Å². The third kappa shape index (κ3) is 14.3. The molecule has 2 atom stereocenters. The van der Waals surface area contributed by atoms with E-state index in [0.29, 0.717) is 42.2 Å². The van der Waals surface area contributed by atoms with Gasteiger partial charge < -0.3 is 34.1 Å². The highest BCUT2D eigenvalue weighted by Crippen LogP contribution is 2.62. The Morgan fingerprint density at radius 1 is 0.767 bits per heavy atom. The van der Waals surface area contributed by atoms with Gasteiger partial charge in [-0.1, -0.05) is 53.7 Å². The van der Waals surface area contributed by atoms with E-state index in [0.717, 1.165) is 55.8 Å². The van der Waals surface area contributed by atoms with Gasteiger partial charge >= 0.3 is 6.09 Å². The van der Waals surface area contributed by atoms with Crippen molar-refractivity contribution >= 4 is 81.5 Å². The minimum atomic E-state index is -4.19. The van der Waals surface area contributed by atoms with Crippen LogP contribution in [-0.2, 0) is 53.8 Å². The quantitative estimate of drug-likeness (QED) is 0.0418. The Morgan fingerprint density at radius 3 is 1.70 bits per heavy atom. The van der Waals surface area contributed by atoms with Gasteiger partial charge in [0, 0.05) is 52.0 Å². The molecule has 1 amide bonds. The molecule has 31 heteroatoms. The number of sulfonamides is 2. The maximum Gasteiger partial charge on any atom is 0.419 e. The van der Waals surface area contributed by atoms with Crippen LogP contribution in [0.25, 0.3) is 23.8 Å². The molecule has 2 spiro atoms. The highest BCUT2D eigenvalue weighted by atomic mass is 35.5. The molecule has 0 unspecified atom stereocenters. The second kappa shape index (κ2) is 25.9. The number of carbonyl (C=O) groups is 1. The molecule has 2 saturated carbocycles. The predicted molar refractivity (Wildman–Crippen MR) is 331 cm³/mol. The Bertz CT molecular complexity index is 4010. The smallest absolute Gasteiger partial charge is 0.419 e. The van der Waals surface area contributed by atoms with Crippen molar-refractivity contribution < 1.29 is 67.6 Å². The fraction of sp³-hybridized carbons (Fsp3) is 0.441. The highest BCUT2D eigenvalue weighted by molar-refractivity contribution is 7.91. The number of amides is 1. The molecule has 0 saturated heterocycles. The fourth-order valence-corrected chi connectivity index (χ4v) is 15.3. The van der Waals surface area contributed by atoms with Gasteiger partial charge in [0.05, 0.1) is 31.4 Å². The molecule has 2 aliphatic carbocycles. The molecule has 23 nitrogen and oxygen atoms in total. The first kappa shape index (κ1) is 68.3. The van der Waals surface area contributed by atoms with Gasteiger partial charge in [-0.3, -0.25) is 0 Å². The number of nitrogens with zero attached hydrogens (tertiary/aromatic N) is 11. The van der Waals surface area contributed by atoms with Crippen LogP contribution in [0.3, 0.4) is 0 Å². The van der Waals surface area contributed by atoms with Crippen LogP contribution in [0.1, 0.15) is 117 Å². The van der Waals surface area contributed by atoms with Crippen LogP contribution in [0.15, 0.2) is 92.3 Å². The lowest BCUT2D eigenvalue weighted by molar-refractivity contribution is 0.00787. The van der Waals surface area contributed by atoms with E-state index in [4.69, 9.17) is 46.2 Å². The van der Waals surface area contributed by atoms with E-state index in [-0.39, 0.29) is 83.8 Å². The van der Waals surface area contributed by atoms with E-state index in [2.05, 4.69) is 59.4 Å². The number of hydrogen-bond acceptors (Lipinski definition) is 20. The van der Waals surface area contributed by atoms with Gasteiger partial charge in [-0.2, -0.15) is 0 Å². The number of guanidine groups is 2. The van der Waals surface area contributed by atoms with Crippen LogP contribution in [0.2, 0.25) is 30.8 Å². The second-order valence-electron chi connectivity index (χ2n) is 24.4. The Morgan fingerprint density at radius 2 is 1.27 bits per heavy atom. The first-order valence-corrected chi connectivity index (χ1v) is 35.2. The lowest BCUT2D eigenvalue weighted by Gasteiger charge is -2.45. The number of aliphatic imine (C=N–C) groups is 2. The maximum atomic E-state index is 15.7. The van der Waals surface area contributed by atoms with E-state index >= 15 is 17.6 Å². The van der Waals surface area contributed by atoms with Crippen molar-refractivity contribution in [3.8, 4) is 5.88 Å². The molecule has 2 aliphatic heterocycles. The molecule has 484 valence electrons. The number of hydrogen-bond donors (Lipinski definition) is 2. The van der Waals surface area contributed by atoms with Crippen LogP contribution in [0, 0.1) is 25.5 Å². The summed E-state index contributed by atoms with van der Waals surface area (Å²) in [5.41, 5.74) is 3.30. The number of aryl methyl sites for hydroxylation is 2. The number of aliphatic hydroxyl groups is 1. The standard InChI is InChI=1S/C30H40ClF2N5O5SSi.C24H24F2N6O4S.C5H7NO2/c1-28(2,3)43-27(39)38(19-42-13-14-45(6,7)8)26-36-29(4,30(11-12-30)44(40,41)37(26)5)21-15-20(9-10-22(21)32)16-23(33)24-17-35-25(31)18-34-24;1-14-8-16(31-36-14)13-35-21-12-28-20(11-29-21)19(26)10-15-4-5-18(25)17(9-15)23(2)24(6-7-24)37(33,34)32(3)22(27)30-23;1-4-2-5(3-7)6-8-4/h9-10,15-18H,11-14,19H2,1-8H3;4-5,8-12H,6-7,13H2,1-3H3,(H2,27,30);2,7H,3H2,1H3/b23-16-;19-10-;/t29-;23-;/m11./s1. The molecular formula is C59H71ClF4N12O11S2Si. The molecule has 0 bridgehead atoms. The molecule has 10 rings (SSSR count). The summed E-state index contributed by atoms with van der Waals surface area (Å²) in [6.45, 7) is 18.3. The van der Waals surface area contributed by atoms with Crippen molar-refractivity contribution in [1.82, 2.24) is 43.8 Å². The van der Waals surface area contributed by atoms with Crippen molar-refractivity contribution in [2.24, 2.45) is 15.7 Å². The molecule has 2 aromatic carbocycles. The number of ether oxygens (including phenoxy) is 3. The summed E-state index contributed by atoms with van der Waals surface area (Å²) in [6, 6.07) is 12.0. The summed E-state index contributed by atoms with van der Waals surface area (Å²) < 4.78 is 141. The van der Waals surface area contributed by atoms with Gasteiger partial charge in [-0.05, 0) is 128 Å². The first-order chi connectivity index (χ1) is 42.0. The zero-order chi connectivity index (χ0) is 66.2. The largest absolute Gasteiger partial charge is 0.470 e. The average molecular weight is 1330 g/mol. The highest BCUT2D eigenvalue weighted by Gasteiger charge is 2.72. The van der Waals surface area contributed by atoms with Gasteiger partial charge in [0.1, 0.15) is 90.6 Å². The molecular weight excluding hydrogens is 1260 g/mol. The summed E-state index contributed by atoms with van der Waals surface area (Å²) in [4.78, 5) is 39.6. The molecule has 6 heterocycles. The van der Waals surface area contributed by atoms with Gasteiger partial charge in [-0.15, -0.1) is 0 Å². The van der Waals surface area contributed by atoms with Crippen molar-refractivity contribution in [1.29, 1.82) is 0 Å². The summed E-state index contributed by atoms with van der Waals surface area (Å²) >= 11 is 5.76. The molecule has 3 N–H and O–H groups in total. The van der Waals surface area contributed by atoms with Crippen molar-refractivity contribution in [3.63, 3.8) is 0 Å². The van der Waals surface area contributed by atoms with E-state index in [9.17, 15) is 21.6 Å². The fourth-order valence-electron chi connectivity index (χ4n) is 10.2. The third-order valence-electron chi connectivity index (χ3n) is 15.5.